The van der Waals surface area contributed by atoms with Gasteiger partial charge in [0.25, 0.3) is 0 Å². The highest BCUT2D eigenvalue weighted by Crippen LogP contribution is 2.31. The van der Waals surface area contributed by atoms with Gasteiger partial charge in [0, 0.05) is 14.7 Å². The van der Waals surface area contributed by atoms with Crippen LogP contribution in [0.15, 0.2) is 118 Å². The van der Waals surface area contributed by atoms with Gasteiger partial charge in [-0.1, -0.05) is 54.2 Å². The highest BCUT2D eigenvalue weighted by atomic mass is 32.2. The maximum absolute atomic E-state index is 5.87. The monoisotopic (exact) mass is 386 g/mol. The first-order valence-corrected chi connectivity index (χ1v) is 9.93. The van der Waals surface area contributed by atoms with Crippen LogP contribution in [-0.2, 0) is 0 Å². The van der Waals surface area contributed by atoms with Crippen molar-refractivity contribution in [2.24, 2.45) is 0 Å². The van der Waals surface area contributed by atoms with Crippen molar-refractivity contribution in [3.8, 4) is 22.6 Å². The van der Waals surface area contributed by atoms with Crippen LogP contribution < -0.4 is 4.74 Å². The summed E-state index contributed by atoms with van der Waals surface area (Å²) in [6.45, 7) is 0. The van der Waals surface area contributed by atoms with E-state index in [1.807, 2.05) is 42.5 Å². The Balaban J connectivity index is 1.44. The Morgan fingerprint density at radius 3 is 1.59 bits per heavy atom. The zero-order valence-electron chi connectivity index (χ0n) is 14.6. The predicted molar refractivity (Wildman–Crippen MR) is 116 cm³/mol. The summed E-state index contributed by atoms with van der Waals surface area (Å²) < 4.78 is 5.87. The van der Waals surface area contributed by atoms with E-state index in [0.29, 0.717) is 0 Å². The molecule has 0 amide bonds. The second-order valence-corrected chi connectivity index (χ2v) is 7.72. The fraction of sp³-hybridized carbons (Fsp3) is 0. The molecule has 0 unspecified atom stereocenters. The summed E-state index contributed by atoms with van der Waals surface area (Å²) in [6.07, 6.45) is 0. The average Bonchev–Trinajstić information content (AvgIpc) is 2.72. The molecule has 0 aromatic heterocycles. The summed E-state index contributed by atoms with van der Waals surface area (Å²) in [7, 11) is 0. The van der Waals surface area contributed by atoms with Gasteiger partial charge in [-0.05, 0) is 71.8 Å². The quantitative estimate of drug-likeness (QED) is 0.354. The number of benzene rings is 4. The molecule has 0 spiro atoms. The van der Waals surface area contributed by atoms with Crippen LogP contribution in [0.2, 0.25) is 0 Å². The molecule has 4 aromatic carbocycles. The van der Waals surface area contributed by atoms with E-state index in [1.165, 1.54) is 20.9 Å². The van der Waals surface area contributed by atoms with E-state index in [0.717, 1.165) is 16.4 Å². The van der Waals surface area contributed by atoms with E-state index in [2.05, 4.69) is 73.3 Å². The Hall–Kier alpha value is -2.62. The molecule has 0 aliphatic heterocycles. The summed E-state index contributed by atoms with van der Waals surface area (Å²) in [6, 6.07) is 34.9. The number of ether oxygens (including phenoxy) is 1. The molecule has 0 atom stereocenters. The minimum atomic E-state index is 0.808. The lowest BCUT2D eigenvalue weighted by atomic mass is 10.1. The zero-order chi connectivity index (χ0) is 18.5. The molecule has 0 saturated carbocycles. The minimum absolute atomic E-state index is 0.808. The van der Waals surface area contributed by atoms with Gasteiger partial charge in [-0.2, -0.15) is 0 Å². The van der Waals surface area contributed by atoms with E-state index in [-0.39, 0.29) is 0 Å². The molecule has 0 N–H and O–H groups in total. The average molecular weight is 387 g/mol. The first-order valence-electron chi connectivity index (χ1n) is 8.66. The van der Waals surface area contributed by atoms with E-state index in [1.54, 1.807) is 11.8 Å². The Morgan fingerprint density at radius 1 is 0.519 bits per heavy atom. The third-order valence-corrected chi connectivity index (χ3v) is 5.41. The van der Waals surface area contributed by atoms with Crippen molar-refractivity contribution in [2.75, 3.05) is 0 Å². The molecular weight excluding hydrogens is 368 g/mol. The lowest BCUT2D eigenvalue weighted by Crippen LogP contribution is -1.84. The van der Waals surface area contributed by atoms with Crippen molar-refractivity contribution in [3.05, 3.63) is 103 Å². The number of thiol groups is 1. The van der Waals surface area contributed by atoms with Gasteiger partial charge >= 0.3 is 0 Å². The van der Waals surface area contributed by atoms with Crippen molar-refractivity contribution in [3.63, 3.8) is 0 Å². The van der Waals surface area contributed by atoms with Crippen LogP contribution in [0.3, 0.4) is 0 Å². The first kappa shape index (κ1) is 17.8. The Labute approximate surface area is 169 Å². The van der Waals surface area contributed by atoms with Gasteiger partial charge in [0.05, 0.1) is 0 Å². The molecule has 0 aliphatic rings. The molecule has 0 bridgehead atoms. The number of hydrogen-bond donors (Lipinski definition) is 1. The van der Waals surface area contributed by atoms with Crippen LogP contribution in [0.5, 0.6) is 11.5 Å². The van der Waals surface area contributed by atoms with Gasteiger partial charge in [-0.25, -0.2) is 0 Å². The molecule has 27 heavy (non-hydrogen) atoms. The summed E-state index contributed by atoms with van der Waals surface area (Å²) in [5.41, 5.74) is 2.36. The van der Waals surface area contributed by atoms with Gasteiger partial charge in [-0.15, -0.1) is 12.6 Å². The Morgan fingerprint density at radius 2 is 1.00 bits per heavy atom. The van der Waals surface area contributed by atoms with E-state index >= 15 is 0 Å². The highest BCUT2D eigenvalue weighted by Gasteiger charge is 2.02. The minimum Gasteiger partial charge on any atom is -0.457 e. The molecule has 0 heterocycles. The summed E-state index contributed by atoms with van der Waals surface area (Å²) in [4.78, 5) is 3.40. The van der Waals surface area contributed by atoms with Crippen molar-refractivity contribution >= 4 is 24.4 Å². The van der Waals surface area contributed by atoms with Crippen molar-refractivity contribution in [1.29, 1.82) is 0 Å². The smallest absolute Gasteiger partial charge is 0.127 e. The first-order chi connectivity index (χ1) is 13.3. The largest absolute Gasteiger partial charge is 0.457 e. The summed E-state index contributed by atoms with van der Waals surface area (Å²) in [5, 5.41) is 0. The van der Waals surface area contributed by atoms with Crippen LogP contribution in [0, 0.1) is 0 Å². The number of hydrogen-bond acceptors (Lipinski definition) is 3. The van der Waals surface area contributed by atoms with Crippen LogP contribution in [0.25, 0.3) is 11.1 Å². The third kappa shape index (κ3) is 4.76. The van der Waals surface area contributed by atoms with Crippen LogP contribution in [-0.4, -0.2) is 0 Å². The fourth-order valence-electron chi connectivity index (χ4n) is 2.71. The number of rotatable bonds is 5. The molecule has 132 valence electrons. The van der Waals surface area contributed by atoms with Gasteiger partial charge in [0.1, 0.15) is 11.5 Å². The second-order valence-electron chi connectivity index (χ2n) is 6.06. The van der Waals surface area contributed by atoms with Crippen molar-refractivity contribution < 1.29 is 4.74 Å². The van der Waals surface area contributed by atoms with E-state index in [9.17, 15) is 0 Å². The lowest BCUT2D eigenvalue weighted by molar-refractivity contribution is 0.482. The van der Waals surface area contributed by atoms with Crippen LogP contribution in [0.1, 0.15) is 0 Å². The predicted octanol–water partition coefficient (Wildman–Crippen LogP) is 7.59. The molecule has 0 radical (unpaired) electrons. The Kier molecular flexibility index (Phi) is 5.52. The van der Waals surface area contributed by atoms with Crippen LogP contribution >= 0.6 is 24.4 Å². The molecule has 4 aromatic rings. The maximum Gasteiger partial charge on any atom is 0.127 e. The normalized spacial score (nSPS) is 10.6. The second kappa shape index (κ2) is 8.38. The Bertz CT molecular complexity index is 993. The highest BCUT2D eigenvalue weighted by molar-refractivity contribution is 7.99. The SMILES string of the molecule is Sc1ccc(Oc2ccc(-c3ccc(Sc4ccccc4)cc3)cc2)cc1. The molecular formula is C24H18OS2. The molecule has 3 heteroatoms. The topological polar surface area (TPSA) is 9.23 Å². The third-order valence-electron chi connectivity index (χ3n) is 4.09. The lowest BCUT2D eigenvalue weighted by Gasteiger charge is -2.08. The molecule has 0 aliphatic carbocycles. The van der Waals surface area contributed by atoms with E-state index < -0.39 is 0 Å². The van der Waals surface area contributed by atoms with Crippen LogP contribution in [0.4, 0.5) is 0 Å². The van der Waals surface area contributed by atoms with Gasteiger partial charge in [0.2, 0.25) is 0 Å². The summed E-state index contributed by atoms with van der Waals surface area (Å²) >= 11 is 6.06. The molecule has 4 rings (SSSR count). The van der Waals surface area contributed by atoms with Crippen molar-refractivity contribution in [2.45, 2.75) is 14.7 Å². The molecule has 1 nitrogen and oxygen atoms in total. The van der Waals surface area contributed by atoms with Gasteiger partial charge in [-0.3, -0.25) is 0 Å². The fourth-order valence-corrected chi connectivity index (χ4v) is 3.69. The van der Waals surface area contributed by atoms with Gasteiger partial charge in [0.15, 0.2) is 0 Å². The zero-order valence-corrected chi connectivity index (χ0v) is 16.3. The standard InChI is InChI=1S/C24H18OS2/c26-22-14-12-21(13-15-22)25-20-10-6-18(7-11-20)19-8-16-24(17-9-19)27-23-4-2-1-3-5-23/h1-17,26H. The van der Waals surface area contributed by atoms with Crippen molar-refractivity contribution in [1.82, 2.24) is 0 Å². The molecule has 0 saturated heterocycles. The van der Waals surface area contributed by atoms with Gasteiger partial charge < -0.3 is 4.74 Å². The molecule has 0 fully saturated rings. The maximum atomic E-state index is 5.87. The van der Waals surface area contributed by atoms with E-state index in [4.69, 9.17) is 4.74 Å². The summed E-state index contributed by atoms with van der Waals surface area (Å²) in [5.74, 6) is 1.63.